The third-order valence-electron chi connectivity index (χ3n) is 3.97. The Labute approximate surface area is 162 Å². The second-order valence-electron chi connectivity index (χ2n) is 6.12. The highest BCUT2D eigenvalue weighted by Crippen LogP contribution is 2.28. The predicted molar refractivity (Wildman–Crippen MR) is 106 cm³/mol. The lowest BCUT2D eigenvalue weighted by atomic mass is 10.2. The van der Waals surface area contributed by atoms with Crippen LogP contribution in [0.25, 0.3) is 0 Å². The first-order chi connectivity index (χ1) is 13.1. The van der Waals surface area contributed by atoms with Crippen LogP contribution < -0.4 is 10.1 Å². The van der Waals surface area contributed by atoms with Crippen LogP contribution in [0.4, 0.5) is 5.69 Å². The van der Waals surface area contributed by atoms with E-state index in [0.717, 1.165) is 29.1 Å². The molecule has 27 heavy (non-hydrogen) atoms. The third kappa shape index (κ3) is 5.60. The Morgan fingerprint density at radius 3 is 2.70 bits per heavy atom. The number of aromatic nitrogens is 1. The summed E-state index contributed by atoms with van der Waals surface area (Å²) < 4.78 is 5.66. The van der Waals surface area contributed by atoms with E-state index in [4.69, 9.17) is 4.74 Å². The molecule has 3 aromatic rings. The van der Waals surface area contributed by atoms with Gasteiger partial charge < -0.3 is 10.1 Å². The van der Waals surface area contributed by atoms with E-state index < -0.39 is 4.92 Å². The summed E-state index contributed by atoms with van der Waals surface area (Å²) in [4.78, 5) is 16.5. The summed E-state index contributed by atoms with van der Waals surface area (Å²) in [6.07, 6.45) is 2.72. The average Bonchev–Trinajstić information content (AvgIpc) is 3.10. The average molecular weight is 383 g/mol. The molecule has 2 aromatic carbocycles. The van der Waals surface area contributed by atoms with E-state index >= 15 is 0 Å². The van der Waals surface area contributed by atoms with Gasteiger partial charge in [0.05, 0.1) is 9.93 Å². The smallest absolute Gasteiger partial charge is 0.311 e. The van der Waals surface area contributed by atoms with Crippen molar-refractivity contribution in [3.63, 3.8) is 0 Å². The van der Waals surface area contributed by atoms with Gasteiger partial charge in [0.2, 0.25) is 0 Å². The number of nitrogens with one attached hydrogen (secondary N) is 1. The Balaban J connectivity index is 1.56. The first-order valence-corrected chi connectivity index (χ1v) is 9.49. The van der Waals surface area contributed by atoms with Crippen molar-refractivity contribution in [2.75, 3.05) is 6.54 Å². The zero-order valence-corrected chi connectivity index (χ0v) is 15.9. The molecule has 0 bridgehead atoms. The number of hydrogen-bond donors (Lipinski definition) is 1. The lowest BCUT2D eigenvalue weighted by Crippen LogP contribution is -2.16. The highest BCUT2D eigenvalue weighted by molar-refractivity contribution is 7.11. The van der Waals surface area contributed by atoms with E-state index in [1.807, 2.05) is 49.5 Å². The number of nitro groups is 1. The monoisotopic (exact) mass is 383 g/mol. The molecule has 0 spiro atoms. The largest absolute Gasteiger partial charge is 0.482 e. The maximum absolute atomic E-state index is 11.4. The maximum Gasteiger partial charge on any atom is 0.311 e. The normalized spacial score (nSPS) is 10.7. The Morgan fingerprint density at radius 2 is 2.00 bits per heavy atom. The molecule has 6 nitrogen and oxygen atoms in total. The van der Waals surface area contributed by atoms with Crippen LogP contribution in [-0.4, -0.2) is 16.5 Å². The number of aryl methyl sites for hydroxylation is 1. The maximum atomic E-state index is 11.4. The number of ether oxygens (including phenoxy) is 1. The van der Waals surface area contributed by atoms with Crippen LogP contribution in [0.3, 0.4) is 0 Å². The Kier molecular flexibility index (Phi) is 6.51. The lowest BCUT2D eigenvalue weighted by Gasteiger charge is -2.09. The van der Waals surface area contributed by atoms with Gasteiger partial charge in [0.1, 0.15) is 6.61 Å². The van der Waals surface area contributed by atoms with E-state index in [1.54, 1.807) is 23.5 Å². The molecule has 1 N–H and O–H groups in total. The van der Waals surface area contributed by atoms with E-state index in [1.165, 1.54) is 4.88 Å². The van der Waals surface area contributed by atoms with Gasteiger partial charge in [-0.25, -0.2) is 4.98 Å². The van der Waals surface area contributed by atoms with E-state index in [0.29, 0.717) is 13.2 Å². The molecule has 0 saturated carbocycles. The van der Waals surface area contributed by atoms with E-state index in [9.17, 15) is 10.1 Å². The summed E-state index contributed by atoms with van der Waals surface area (Å²) in [7, 11) is 0. The second-order valence-corrected chi connectivity index (χ2v) is 7.44. The summed E-state index contributed by atoms with van der Waals surface area (Å²) in [5.41, 5.74) is 1.81. The predicted octanol–water partition coefficient (Wildman–Crippen LogP) is 4.27. The van der Waals surface area contributed by atoms with Crippen LogP contribution in [0.15, 0.2) is 54.7 Å². The molecule has 3 rings (SSSR count). The first kappa shape index (κ1) is 19.0. The number of nitro benzene ring substituents is 1. The van der Waals surface area contributed by atoms with Crippen molar-refractivity contribution in [3.05, 3.63) is 85.9 Å². The Bertz CT molecular complexity index is 896. The zero-order valence-electron chi connectivity index (χ0n) is 15.1. The third-order valence-corrected chi connectivity index (χ3v) is 4.94. The molecule has 0 radical (unpaired) electrons. The van der Waals surface area contributed by atoms with Crippen LogP contribution in [-0.2, 0) is 19.6 Å². The zero-order chi connectivity index (χ0) is 19.1. The molecule has 0 aliphatic rings. The van der Waals surface area contributed by atoms with Crippen LogP contribution in [0.2, 0.25) is 0 Å². The van der Waals surface area contributed by atoms with Crippen molar-refractivity contribution in [3.8, 4) is 5.75 Å². The fraction of sp³-hybridized carbons (Fsp3) is 0.250. The molecule has 7 heteroatoms. The fourth-order valence-corrected chi connectivity index (χ4v) is 3.40. The Morgan fingerprint density at radius 1 is 1.19 bits per heavy atom. The quantitative estimate of drug-likeness (QED) is 0.339. The van der Waals surface area contributed by atoms with Gasteiger partial charge >= 0.3 is 5.69 Å². The SMILES string of the molecule is Cc1cnc(CCNCc2ccc(OCc3ccccc3)c([N+](=O)[O-])c2)s1. The number of rotatable bonds is 9. The lowest BCUT2D eigenvalue weighted by molar-refractivity contribution is -0.386. The van der Waals surface area contributed by atoms with E-state index in [-0.39, 0.29) is 11.4 Å². The van der Waals surface area contributed by atoms with Crippen molar-refractivity contribution < 1.29 is 9.66 Å². The summed E-state index contributed by atoms with van der Waals surface area (Å²) in [6.45, 7) is 3.67. The minimum atomic E-state index is -0.401. The number of benzene rings is 2. The van der Waals surface area contributed by atoms with Crippen molar-refractivity contribution in [2.24, 2.45) is 0 Å². The molecular formula is C20H21N3O3S. The molecular weight excluding hydrogens is 362 g/mol. The van der Waals surface area contributed by atoms with Crippen LogP contribution in [0, 0.1) is 17.0 Å². The summed E-state index contributed by atoms with van der Waals surface area (Å²) in [5, 5.41) is 15.8. The summed E-state index contributed by atoms with van der Waals surface area (Å²) >= 11 is 1.69. The highest BCUT2D eigenvalue weighted by Gasteiger charge is 2.16. The van der Waals surface area contributed by atoms with Crippen molar-refractivity contribution in [1.82, 2.24) is 10.3 Å². The minimum Gasteiger partial charge on any atom is -0.482 e. The molecule has 0 aliphatic heterocycles. The van der Waals surface area contributed by atoms with Gasteiger partial charge in [-0.1, -0.05) is 36.4 Å². The van der Waals surface area contributed by atoms with Crippen LogP contribution in [0.5, 0.6) is 5.75 Å². The fourth-order valence-electron chi connectivity index (χ4n) is 2.62. The van der Waals surface area contributed by atoms with Gasteiger partial charge in [0.25, 0.3) is 0 Å². The van der Waals surface area contributed by atoms with Gasteiger partial charge in [-0.15, -0.1) is 11.3 Å². The molecule has 0 unspecified atom stereocenters. The molecule has 1 heterocycles. The number of nitrogens with zero attached hydrogens (tertiary/aromatic N) is 2. The molecule has 0 fully saturated rings. The van der Waals surface area contributed by atoms with Gasteiger partial charge in [0, 0.05) is 36.7 Å². The summed E-state index contributed by atoms with van der Waals surface area (Å²) in [5.74, 6) is 0.283. The number of thiazole rings is 1. The van der Waals surface area contributed by atoms with Crippen molar-refractivity contribution in [1.29, 1.82) is 0 Å². The first-order valence-electron chi connectivity index (χ1n) is 8.68. The standard InChI is InChI=1S/C20H21N3O3S/c1-15-12-22-20(27-15)9-10-21-13-17-7-8-19(18(11-17)23(24)25)26-14-16-5-3-2-4-6-16/h2-8,11-12,21H,9-10,13-14H2,1H3. The van der Waals surface area contributed by atoms with Crippen molar-refractivity contribution in [2.45, 2.75) is 26.5 Å². The van der Waals surface area contributed by atoms with Crippen molar-refractivity contribution >= 4 is 17.0 Å². The molecule has 0 aliphatic carbocycles. The van der Waals surface area contributed by atoms with Gasteiger partial charge in [-0.05, 0) is 24.1 Å². The van der Waals surface area contributed by atoms with Crippen LogP contribution in [0.1, 0.15) is 21.0 Å². The second kappa shape index (κ2) is 9.25. The number of hydrogen-bond acceptors (Lipinski definition) is 6. The highest BCUT2D eigenvalue weighted by atomic mass is 32.1. The Hall–Kier alpha value is -2.77. The molecule has 1 aromatic heterocycles. The molecule has 140 valence electrons. The van der Waals surface area contributed by atoms with E-state index in [2.05, 4.69) is 10.3 Å². The topological polar surface area (TPSA) is 77.3 Å². The van der Waals surface area contributed by atoms with Gasteiger partial charge in [0.15, 0.2) is 5.75 Å². The molecule has 0 amide bonds. The van der Waals surface area contributed by atoms with Gasteiger partial charge in [-0.3, -0.25) is 10.1 Å². The summed E-state index contributed by atoms with van der Waals surface area (Å²) in [6, 6.07) is 14.7. The molecule has 0 saturated heterocycles. The minimum absolute atomic E-state index is 0.0132. The van der Waals surface area contributed by atoms with Gasteiger partial charge in [-0.2, -0.15) is 0 Å². The van der Waals surface area contributed by atoms with Crippen LogP contribution >= 0.6 is 11.3 Å². The molecule has 0 atom stereocenters.